The van der Waals surface area contributed by atoms with Gasteiger partial charge in [-0.25, -0.2) is 0 Å². The van der Waals surface area contributed by atoms with Crippen molar-refractivity contribution in [2.75, 3.05) is 26.3 Å². The number of hydrogen-bond acceptors (Lipinski definition) is 16. The zero-order chi connectivity index (χ0) is 30.9. The maximum absolute atomic E-state index is 12.9. The van der Waals surface area contributed by atoms with Crippen molar-refractivity contribution in [2.45, 2.75) is 117 Å². The van der Waals surface area contributed by atoms with Gasteiger partial charge in [-0.05, 0) is 19.4 Å². The normalized spacial score (nSPS) is 49.5. The molecule has 2 heterocycles. The minimum absolute atomic E-state index is 0.0248. The lowest BCUT2D eigenvalue weighted by atomic mass is 9.71. The zero-order valence-electron chi connectivity index (χ0n) is 23.3. The second-order valence-corrected chi connectivity index (χ2v) is 12.0. The van der Waals surface area contributed by atoms with Gasteiger partial charge in [0.25, 0.3) is 5.91 Å². The molecule has 4 rings (SSSR count). The number of aliphatic hydroxyl groups is 8. The van der Waals surface area contributed by atoms with Crippen molar-refractivity contribution >= 4 is 5.91 Å². The predicted molar refractivity (Wildman–Crippen MR) is 142 cm³/mol. The Kier molecular flexibility index (Phi) is 11.2. The van der Waals surface area contributed by atoms with Gasteiger partial charge in [0, 0.05) is 44.0 Å². The molecule has 17 heteroatoms. The maximum Gasteiger partial charge on any atom is 0.253 e. The molecular formula is C25H47N5O12. The van der Waals surface area contributed by atoms with Crippen LogP contribution in [-0.2, 0) is 19.0 Å². The van der Waals surface area contributed by atoms with Crippen LogP contribution < -0.4 is 27.8 Å². The number of ether oxygens (including phenoxy) is 3. The molecule has 0 aromatic carbocycles. The molecule has 16 atom stereocenters. The Hall–Kier alpha value is -1.13. The van der Waals surface area contributed by atoms with E-state index >= 15 is 0 Å². The first kappa shape index (κ1) is 33.8. The molecule has 4 aliphatic rings. The summed E-state index contributed by atoms with van der Waals surface area (Å²) in [4.78, 5) is 12.9. The molecule has 2 aliphatic heterocycles. The fourth-order valence-electron chi connectivity index (χ4n) is 6.17. The molecule has 2 aliphatic carbocycles. The highest BCUT2D eigenvalue weighted by Gasteiger charge is 2.59. The molecule has 0 aromatic heterocycles. The van der Waals surface area contributed by atoms with E-state index in [1.807, 2.05) is 0 Å². The quantitative estimate of drug-likeness (QED) is 0.0967. The van der Waals surface area contributed by atoms with Gasteiger partial charge >= 0.3 is 0 Å². The highest BCUT2D eigenvalue weighted by Crippen LogP contribution is 2.38. The number of nitrogens with one attached hydrogen (secondary N) is 2. The van der Waals surface area contributed by atoms with Gasteiger partial charge in [-0.2, -0.15) is 0 Å². The molecule has 0 radical (unpaired) electrons. The van der Waals surface area contributed by atoms with E-state index < -0.39 is 109 Å². The summed E-state index contributed by atoms with van der Waals surface area (Å²) in [6.45, 7) is -0.0929. The molecule has 244 valence electrons. The lowest BCUT2D eigenvalue weighted by molar-refractivity contribution is -0.303. The minimum Gasteiger partial charge on any atom is -0.396 e. The van der Waals surface area contributed by atoms with Gasteiger partial charge in [0.05, 0.1) is 43.1 Å². The largest absolute Gasteiger partial charge is 0.396 e. The Morgan fingerprint density at radius 2 is 1.64 bits per heavy atom. The Morgan fingerprint density at radius 3 is 2.26 bits per heavy atom. The highest BCUT2D eigenvalue weighted by molar-refractivity contribution is 5.89. The fourth-order valence-corrected chi connectivity index (χ4v) is 6.17. The van der Waals surface area contributed by atoms with E-state index in [1.165, 1.54) is 0 Å². The Labute approximate surface area is 242 Å². The van der Waals surface area contributed by atoms with Crippen LogP contribution in [0.3, 0.4) is 0 Å². The summed E-state index contributed by atoms with van der Waals surface area (Å²) < 4.78 is 17.7. The molecule has 2 saturated carbocycles. The van der Waals surface area contributed by atoms with Crippen LogP contribution in [0.25, 0.3) is 0 Å². The van der Waals surface area contributed by atoms with Crippen molar-refractivity contribution in [3.8, 4) is 0 Å². The van der Waals surface area contributed by atoms with Crippen LogP contribution in [0.5, 0.6) is 0 Å². The smallest absolute Gasteiger partial charge is 0.253 e. The van der Waals surface area contributed by atoms with E-state index in [-0.39, 0.29) is 32.4 Å². The molecule has 3 unspecified atom stereocenters. The Bertz CT molecular complexity index is 910. The van der Waals surface area contributed by atoms with Gasteiger partial charge in [0.15, 0.2) is 11.9 Å². The van der Waals surface area contributed by atoms with Gasteiger partial charge in [-0.3, -0.25) is 4.79 Å². The fraction of sp³-hybridized carbons (Fsp3) is 0.960. The average molecular weight is 610 g/mol. The van der Waals surface area contributed by atoms with Crippen molar-refractivity contribution in [1.29, 1.82) is 0 Å². The summed E-state index contributed by atoms with van der Waals surface area (Å²) >= 11 is 0. The first-order valence-corrected chi connectivity index (χ1v) is 14.4. The molecule has 16 N–H and O–H groups in total. The minimum atomic E-state index is -1.80. The second-order valence-electron chi connectivity index (χ2n) is 12.0. The highest BCUT2D eigenvalue weighted by atomic mass is 16.7. The zero-order valence-corrected chi connectivity index (χ0v) is 23.3. The number of amides is 1. The first-order valence-electron chi connectivity index (χ1n) is 14.4. The van der Waals surface area contributed by atoms with Crippen molar-refractivity contribution < 1.29 is 59.9 Å². The molecule has 0 aromatic rings. The SMILES string of the molecule is NC1CC1(O)C(=O)N[C@@H]1C[C@H](N)C([C@H]2O[C@H](CNCCCO)[C@@H](O)[C@H](O)[C@H]2N)[C@H](O)[C@H]1O[C@H]1O[C@H](CO)[C@@H](O)C[C@H]1O. The van der Waals surface area contributed by atoms with E-state index in [9.17, 15) is 40.5 Å². The van der Waals surface area contributed by atoms with Crippen molar-refractivity contribution in [2.24, 2.45) is 23.1 Å². The molecule has 0 spiro atoms. The molecule has 42 heavy (non-hydrogen) atoms. The molecule has 2 saturated heterocycles. The van der Waals surface area contributed by atoms with Gasteiger partial charge in [-0.15, -0.1) is 0 Å². The standard InChI is InChI=1S/C25H47N5O12/c26-9-4-10(30-24(38)25(39)6-15(25)27)21(42-23-12(34)5-11(33)14(8-32)41-23)19(36)16(9)22-17(28)20(37)18(35)13(40-22)7-29-2-1-3-31/h9-23,29,31-37,39H,1-8,26-28H2,(H,30,38)/t9-,10+,11-,12+,13+,14+,15?,16?,17+,18+,19-,20+,21-,22+,23+,25?/m0/s1. The number of rotatable bonds is 11. The van der Waals surface area contributed by atoms with Crippen LogP contribution in [0.15, 0.2) is 0 Å². The number of carbonyl (C=O) groups is 1. The average Bonchev–Trinajstić information content (AvgIpc) is 3.57. The topological polar surface area (TPSA) is 309 Å². The van der Waals surface area contributed by atoms with Crippen LogP contribution in [0.1, 0.15) is 25.7 Å². The maximum atomic E-state index is 12.9. The molecule has 17 nitrogen and oxygen atoms in total. The van der Waals surface area contributed by atoms with Crippen molar-refractivity contribution in [3.63, 3.8) is 0 Å². The third-order valence-electron chi connectivity index (χ3n) is 8.92. The summed E-state index contributed by atoms with van der Waals surface area (Å²) in [5.41, 5.74) is 16.7. The summed E-state index contributed by atoms with van der Waals surface area (Å²) in [6.07, 6.45) is -12.5. The van der Waals surface area contributed by atoms with E-state index in [0.717, 1.165) is 0 Å². The van der Waals surface area contributed by atoms with Crippen molar-refractivity contribution in [3.05, 3.63) is 0 Å². The second kappa shape index (κ2) is 13.9. The van der Waals surface area contributed by atoms with Crippen LogP contribution in [0.4, 0.5) is 0 Å². The third kappa shape index (κ3) is 6.90. The summed E-state index contributed by atoms with van der Waals surface area (Å²) in [7, 11) is 0. The molecule has 1 amide bonds. The lowest BCUT2D eigenvalue weighted by Gasteiger charge is -2.52. The van der Waals surface area contributed by atoms with Gasteiger partial charge < -0.3 is 82.9 Å². The monoisotopic (exact) mass is 609 g/mol. The van der Waals surface area contributed by atoms with E-state index in [4.69, 9.17) is 36.5 Å². The summed E-state index contributed by atoms with van der Waals surface area (Å²) in [6, 6.07) is -3.86. The lowest BCUT2D eigenvalue weighted by Crippen LogP contribution is -2.71. The van der Waals surface area contributed by atoms with E-state index in [2.05, 4.69) is 10.6 Å². The van der Waals surface area contributed by atoms with E-state index in [0.29, 0.717) is 13.0 Å². The Balaban J connectivity index is 1.57. The first-order chi connectivity index (χ1) is 19.8. The van der Waals surface area contributed by atoms with Crippen molar-refractivity contribution in [1.82, 2.24) is 10.6 Å². The van der Waals surface area contributed by atoms with Crippen LogP contribution in [0, 0.1) is 5.92 Å². The van der Waals surface area contributed by atoms with Crippen LogP contribution in [0.2, 0.25) is 0 Å². The third-order valence-corrected chi connectivity index (χ3v) is 8.92. The number of nitrogens with two attached hydrogens (primary N) is 3. The van der Waals surface area contributed by atoms with E-state index in [1.54, 1.807) is 0 Å². The molecular weight excluding hydrogens is 562 g/mol. The van der Waals surface area contributed by atoms with Gasteiger partial charge in [0.1, 0.15) is 30.5 Å². The van der Waals surface area contributed by atoms with Crippen LogP contribution >= 0.6 is 0 Å². The Morgan fingerprint density at radius 1 is 0.952 bits per heavy atom. The van der Waals surface area contributed by atoms with Gasteiger partial charge in [-0.1, -0.05) is 0 Å². The summed E-state index contributed by atoms with van der Waals surface area (Å²) in [5.74, 6) is -1.80. The molecule has 0 bridgehead atoms. The number of aliphatic hydroxyl groups excluding tert-OH is 7. The van der Waals surface area contributed by atoms with Crippen LogP contribution in [-0.4, -0.2) is 164 Å². The van der Waals surface area contributed by atoms with Gasteiger partial charge in [0.2, 0.25) is 0 Å². The summed E-state index contributed by atoms with van der Waals surface area (Å²) in [5, 5.41) is 88.4. The number of carbonyl (C=O) groups excluding carboxylic acids is 1. The predicted octanol–water partition coefficient (Wildman–Crippen LogP) is -7.36. The number of hydrogen-bond donors (Lipinski definition) is 13. The molecule has 4 fully saturated rings.